The van der Waals surface area contributed by atoms with E-state index in [-0.39, 0.29) is 11.8 Å². The van der Waals surface area contributed by atoms with Crippen molar-refractivity contribution in [3.8, 4) is 46.1 Å². The summed E-state index contributed by atoms with van der Waals surface area (Å²) in [6, 6.07) is 65.7. The van der Waals surface area contributed by atoms with Gasteiger partial charge in [0.1, 0.15) is 28.4 Å². The molecule has 3 aromatic heterocycles. The van der Waals surface area contributed by atoms with Crippen LogP contribution in [-0.4, -0.2) is 4.57 Å². The van der Waals surface area contributed by atoms with Crippen LogP contribution in [0.1, 0.15) is 68.8 Å². The first-order valence-corrected chi connectivity index (χ1v) is 22.4. The van der Waals surface area contributed by atoms with Crippen LogP contribution in [0, 0.1) is 40.9 Å². The molecule has 0 bridgehead atoms. The van der Waals surface area contributed by atoms with Crippen molar-refractivity contribution in [2.75, 3.05) is 0 Å². The van der Waals surface area contributed by atoms with Crippen molar-refractivity contribution in [2.45, 2.75) is 25.7 Å². The fourth-order valence-corrected chi connectivity index (χ4v) is 11.3. The van der Waals surface area contributed by atoms with Gasteiger partial charge < -0.3 is 13.4 Å². The highest BCUT2D eigenvalue weighted by atomic mass is 16.3. The fourth-order valence-electron chi connectivity index (χ4n) is 11.3. The fraction of sp³-hybridized carbons (Fsp3) is 0.0656. The number of hydrogen-bond acceptors (Lipinski definition) is 5. The lowest BCUT2D eigenvalue weighted by molar-refractivity contribution is 0.668. The molecule has 0 aliphatic heterocycles. The number of para-hydroxylation sites is 3. The normalized spacial score (nSPS) is 14.4. The van der Waals surface area contributed by atoms with E-state index in [9.17, 15) is 15.8 Å². The molecule has 13 rings (SSSR count). The van der Waals surface area contributed by atoms with E-state index in [1.54, 1.807) is 0 Å². The summed E-state index contributed by atoms with van der Waals surface area (Å²) in [4.78, 5) is 0. The Kier molecular flexibility index (Phi) is 8.25. The molecule has 2 atom stereocenters. The van der Waals surface area contributed by atoms with Crippen LogP contribution >= 0.6 is 0 Å². The Hall–Kier alpha value is -9.15. The summed E-state index contributed by atoms with van der Waals surface area (Å²) in [6.45, 7) is 4.10. The highest BCUT2D eigenvalue weighted by Gasteiger charge is 2.36. The van der Waals surface area contributed by atoms with Crippen molar-refractivity contribution < 1.29 is 8.83 Å². The quantitative estimate of drug-likeness (QED) is 0.175. The van der Waals surface area contributed by atoms with E-state index in [0.717, 1.165) is 127 Å². The Morgan fingerprint density at radius 1 is 0.463 bits per heavy atom. The second-order valence-electron chi connectivity index (χ2n) is 17.7. The van der Waals surface area contributed by atoms with Gasteiger partial charge in [-0.15, -0.1) is 0 Å². The van der Waals surface area contributed by atoms with Crippen molar-refractivity contribution >= 4 is 65.7 Å². The second-order valence-corrected chi connectivity index (χ2v) is 17.7. The van der Waals surface area contributed by atoms with Gasteiger partial charge in [-0.2, -0.15) is 15.8 Å². The Balaban J connectivity index is 1.05. The molecule has 67 heavy (non-hydrogen) atoms. The van der Waals surface area contributed by atoms with Crippen LogP contribution in [0.3, 0.4) is 0 Å². The molecule has 0 amide bonds. The lowest BCUT2D eigenvalue weighted by Gasteiger charge is -2.35. The zero-order valence-corrected chi connectivity index (χ0v) is 36.4. The number of benzene rings is 9. The van der Waals surface area contributed by atoms with E-state index >= 15 is 0 Å². The zero-order chi connectivity index (χ0) is 45.1. The summed E-state index contributed by atoms with van der Waals surface area (Å²) in [5.74, 6) is -0.517. The molecule has 1 aliphatic rings. The van der Waals surface area contributed by atoms with E-state index < -0.39 is 0 Å². The van der Waals surface area contributed by atoms with Crippen molar-refractivity contribution in [1.29, 1.82) is 15.8 Å². The van der Waals surface area contributed by atoms with Crippen molar-refractivity contribution in [2.24, 2.45) is 0 Å². The highest BCUT2D eigenvalue weighted by molar-refractivity contribution is 6.14. The number of nitriles is 3. The molecule has 0 radical (unpaired) electrons. The summed E-state index contributed by atoms with van der Waals surface area (Å²) in [6.07, 6.45) is 0. The van der Waals surface area contributed by atoms with Gasteiger partial charge in [0, 0.05) is 61.5 Å². The Labute approximate surface area is 385 Å². The summed E-state index contributed by atoms with van der Waals surface area (Å²) in [7, 11) is 0. The largest absolute Gasteiger partial charge is 0.456 e. The molecule has 0 spiro atoms. The van der Waals surface area contributed by atoms with Gasteiger partial charge in [-0.05, 0) is 118 Å². The first kappa shape index (κ1) is 38.3. The molecular formula is C61H36N4O2. The third kappa shape index (κ3) is 5.47. The maximum atomic E-state index is 11.3. The zero-order valence-electron chi connectivity index (χ0n) is 36.4. The molecule has 12 aromatic rings. The Bertz CT molecular complexity index is 4250. The number of nitrogens with zero attached hydrogens (tertiary/aromatic N) is 4. The van der Waals surface area contributed by atoms with E-state index in [1.165, 1.54) is 0 Å². The minimum absolute atomic E-state index is 0.242. The number of hydrogen-bond donors (Lipinski definition) is 0. The van der Waals surface area contributed by atoms with E-state index in [4.69, 9.17) is 8.83 Å². The predicted molar refractivity (Wildman–Crippen MR) is 266 cm³/mol. The minimum Gasteiger partial charge on any atom is -0.456 e. The highest BCUT2D eigenvalue weighted by Crippen LogP contribution is 2.51. The van der Waals surface area contributed by atoms with Crippen LogP contribution in [0.15, 0.2) is 179 Å². The van der Waals surface area contributed by atoms with Crippen LogP contribution in [0.5, 0.6) is 0 Å². The molecular weight excluding hydrogens is 821 g/mol. The van der Waals surface area contributed by atoms with Gasteiger partial charge >= 0.3 is 0 Å². The second kappa shape index (κ2) is 14.4. The molecule has 3 heterocycles. The molecule has 2 unspecified atom stereocenters. The van der Waals surface area contributed by atoms with Gasteiger partial charge in [-0.1, -0.05) is 110 Å². The van der Waals surface area contributed by atoms with Gasteiger partial charge in [-0.3, -0.25) is 0 Å². The third-order valence-electron chi connectivity index (χ3n) is 14.4. The van der Waals surface area contributed by atoms with Crippen molar-refractivity contribution in [1.82, 2.24) is 4.57 Å². The third-order valence-corrected chi connectivity index (χ3v) is 14.4. The Morgan fingerprint density at radius 3 is 1.81 bits per heavy atom. The summed E-state index contributed by atoms with van der Waals surface area (Å²) in [5, 5.41) is 38.3. The van der Waals surface area contributed by atoms with Crippen LogP contribution in [-0.2, 0) is 0 Å². The van der Waals surface area contributed by atoms with E-state index in [1.807, 2.05) is 67.6 Å². The molecule has 0 fully saturated rings. The molecule has 9 aromatic carbocycles. The number of aromatic nitrogens is 1. The summed E-state index contributed by atoms with van der Waals surface area (Å²) in [5.41, 5.74) is 17.7. The van der Waals surface area contributed by atoms with Gasteiger partial charge in [0.05, 0.1) is 39.9 Å². The first-order chi connectivity index (χ1) is 32.9. The monoisotopic (exact) mass is 856 g/mol. The molecule has 1 aliphatic carbocycles. The Morgan fingerprint density at radius 2 is 1.07 bits per heavy atom. The topological polar surface area (TPSA) is 103 Å². The van der Waals surface area contributed by atoms with Gasteiger partial charge in [0.15, 0.2) is 0 Å². The molecule has 0 N–H and O–H groups in total. The number of rotatable bonds is 4. The smallest absolute Gasteiger partial charge is 0.143 e. The lowest BCUT2D eigenvalue weighted by atomic mass is 9.67. The van der Waals surface area contributed by atoms with Crippen LogP contribution in [0.25, 0.3) is 93.6 Å². The van der Waals surface area contributed by atoms with Crippen LogP contribution < -0.4 is 0 Å². The number of fused-ring (bicyclic) bond motifs is 11. The average molecular weight is 857 g/mol. The van der Waals surface area contributed by atoms with Crippen molar-refractivity contribution in [3.05, 3.63) is 220 Å². The summed E-state index contributed by atoms with van der Waals surface area (Å²) >= 11 is 0. The van der Waals surface area contributed by atoms with E-state index in [2.05, 4.69) is 139 Å². The molecule has 0 saturated carbocycles. The van der Waals surface area contributed by atoms with Gasteiger partial charge in [-0.25, -0.2) is 0 Å². The maximum Gasteiger partial charge on any atom is 0.143 e. The molecule has 6 nitrogen and oxygen atoms in total. The standard InChI is InChI=1S/C61H36N4O2/c1-34-38(31-62)10-7-14-41(34)60-48-17-8-11-39(32-63)58(48)35(2)59-49(60)25-24-42(52(59)33-64)36-20-26-53-50(28-36)51-29-37(43-15-9-16-47-45-13-4-6-19-56(45)67-61(43)47)21-27-54(51)65(53)40-22-23-46-44-12-3-5-18-55(44)66-57(46)30-40/h3-30,35,60H,1-2H3. The lowest BCUT2D eigenvalue weighted by Crippen LogP contribution is -2.21. The van der Waals surface area contributed by atoms with Crippen LogP contribution in [0.4, 0.5) is 0 Å². The van der Waals surface area contributed by atoms with Gasteiger partial charge in [0.2, 0.25) is 0 Å². The van der Waals surface area contributed by atoms with Crippen LogP contribution in [0.2, 0.25) is 0 Å². The molecule has 312 valence electrons. The van der Waals surface area contributed by atoms with Crippen molar-refractivity contribution in [3.63, 3.8) is 0 Å². The van der Waals surface area contributed by atoms with Gasteiger partial charge in [0.25, 0.3) is 0 Å². The first-order valence-electron chi connectivity index (χ1n) is 22.4. The SMILES string of the molecule is Cc1c(C#N)cccc1C1c2cccc(C#N)c2C(C)c2c1ccc(-c1ccc3c(c1)c1cc(-c4cccc5c4oc4ccccc45)ccc1n3-c1ccc3c(c1)oc1ccccc13)c2C#N. The molecule has 6 heteroatoms. The predicted octanol–water partition coefficient (Wildman–Crippen LogP) is 15.5. The van der Waals surface area contributed by atoms with E-state index in [0.29, 0.717) is 16.7 Å². The minimum atomic E-state index is -0.275. The maximum absolute atomic E-state index is 11.3. The number of furan rings is 2. The molecule has 0 saturated heterocycles. The summed E-state index contributed by atoms with van der Waals surface area (Å²) < 4.78 is 15.3. The average Bonchev–Trinajstić information content (AvgIpc) is 4.05.